The minimum Gasteiger partial charge on any atom is -0.459 e. The van der Waals surface area contributed by atoms with Crippen LogP contribution in [0.25, 0.3) is 11.0 Å². The van der Waals surface area contributed by atoms with Crippen LogP contribution in [0.4, 0.5) is 0 Å². The summed E-state index contributed by atoms with van der Waals surface area (Å²) in [5, 5.41) is 4.01. The Balaban J connectivity index is 1.45. The highest BCUT2D eigenvalue weighted by Crippen LogP contribution is 2.24. The van der Waals surface area contributed by atoms with Gasteiger partial charge in [-0.2, -0.15) is 0 Å². The number of carbonyl (C=O) groups excluding carboxylic acids is 2. The van der Waals surface area contributed by atoms with Crippen molar-refractivity contribution in [2.75, 3.05) is 6.54 Å². The largest absolute Gasteiger partial charge is 0.459 e. The first-order valence-corrected chi connectivity index (χ1v) is 9.26. The molecule has 0 radical (unpaired) electrons. The van der Waals surface area contributed by atoms with Crippen LogP contribution in [0.15, 0.2) is 59.0 Å². The van der Waals surface area contributed by atoms with Crippen LogP contribution in [0.1, 0.15) is 47.5 Å². The molecule has 4 rings (SSSR count). The molecule has 2 amide bonds. The SMILES string of the molecule is C[C@H](NC(=O)c1cccc(CN2CCCC2=O)c1)c1cc2ccccc2o1. The number of rotatable bonds is 5. The fourth-order valence-corrected chi connectivity index (χ4v) is 3.47. The zero-order valence-corrected chi connectivity index (χ0v) is 15.3. The Bertz CT molecular complexity index is 959. The van der Waals surface area contributed by atoms with E-state index in [1.165, 1.54) is 0 Å². The number of likely N-dealkylation sites (tertiary alicyclic amines) is 1. The standard InChI is InChI=1S/C22H22N2O3/c1-15(20-13-17-7-2-3-9-19(17)27-20)23-22(26)18-8-4-6-16(12-18)14-24-11-5-10-21(24)25/h2-4,6-9,12-13,15H,5,10-11,14H2,1H3,(H,23,26)/t15-/m0/s1. The summed E-state index contributed by atoms with van der Waals surface area (Å²) in [6, 6.07) is 16.9. The molecule has 1 aliphatic rings. The monoisotopic (exact) mass is 362 g/mol. The predicted molar refractivity (Wildman–Crippen MR) is 103 cm³/mol. The van der Waals surface area contributed by atoms with Gasteiger partial charge in [0.25, 0.3) is 5.91 Å². The molecule has 0 bridgehead atoms. The van der Waals surface area contributed by atoms with Crippen molar-refractivity contribution in [1.29, 1.82) is 0 Å². The molecule has 3 aromatic rings. The molecule has 0 saturated carbocycles. The Morgan fingerprint density at radius 2 is 2.04 bits per heavy atom. The van der Waals surface area contributed by atoms with Gasteiger partial charge in [-0.1, -0.05) is 30.3 Å². The summed E-state index contributed by atoms with van der Waals surface area (Å²) in [7, 11) is 0. The first kappa shape index (κ1) is 17.3. The zero-order valence-electron chi connectivity index (χ0n) is 15.3. The van der Waals surface area contributed by atoms with Crippen molar-refractivity contribution in [2.45, 2.75) is 32.4 Å². The fourth-order valence-electron chi connectivity index (χ4n) is 3.47. The van der Waals surface area contributed by atoms with Gasteiger partial charge in [0.15, 0.2) is 0 Å². The van der Waals surface area contributed by atoms with E-state index in [9.17, 15) is 9.59 Å². The maximum absolute atomic E-state index is 12.7. The molecule has 1 N–H and O–H groups in total. The number of para-hydroxylation sites is 1. The van der Waals surface area contributed by atoms with Crippen LogP contribution in [0, 0.1) is 0 Å². The second-order valence-electron chi connectivity index (χ2n) is 7.00. The van der Waals surface area contributed by atoms with Gasteiger partial charge in [0.05, 0.1) is 6.04 Å². The topological polar surface area (TPSA) is 62.6 Å². The van der Waals surface area contributed by atoms with Crippen LogP contribution < -0.4 is 5.32 Å². The quantitative estimate of drug-likeness (QED) is 0.745. The molecule has 1 aromatic heterocycles. The van der Waals surface area contributed by atoms with E-state index in [1.54, 1.807) is 6.07 Å². The smallest absolute Gasteiger partial charge is 0.251 e. The first-order valence-electron chi connectivity index (χ1n) is 9.26. The van der Waals surface area contributed by atoms with Gasteiger partial charge in [-0.3, -0.25) is 9.59 Å². The van der Waals surface area contributed by atoms with Crippen LogP contribution in [0.3, 0.4) is 0 Å². The first-order chi connectivity index (χ1) is 13.1. The molecular formula is C22H22N2O3. The number of benzene rings is 2. The van der Waals surface area contributed by atoms with Gasteiger partial charge in [0.2, 0.25) is 5.91 Å². The lowest BCUT2D eigenvalue weighted by Crippen LogP contribution is -2.27. The normalized spacial score (nSPS) is 15.3. The van der Waals surface area contributed by atoms with E-state index in [4.69, 9.17) is 4.42 Å². The van der Waals surface area contributed by atoms with Crippen LogP contribution in [-0.4, -0.2) is 23.3 Å². The molecule has 0 spiro atoms. The minimum absolute atomic E-state index is 0.155. The van der Waals surface area contributed by atoms with Gasteiger partial charge >= 0.3 is 0 Å². The summed E-state index contributed by atoms with van der Waals surface area (Å²) in [6.07, 6.45) is 1.53. The molecule has 0 unspecified atom stereocenters. The Labute approximate surface area is 158 Å². The van der Waals surface area contributed by atoms with E-state index in [0.717, 1.165) is 35.3 Å². The highest BCUT2D eigenvalue weighted by molar-refractivity contribution is 5.94. The van der Waals surface area contributed by atoms with Crippen molar-refractivity contribution in [3.05, 3.63) is 71.5 Å². The number of furan rings is 1. The molecule has 2 aromatic carbocycles. The number of hydrogen-bond donors (Lipinski definition) is 1. The van der Waals surface area contributed by atoms with Crippen LogP contribution in [0.5, 0.6) is 0 Å². The van der Waals surface area contributed by atoms with Crippen LogP contribution in [0.2, 0.25) is 0 Å². The molecule has 27 heavy (non-hydrogen) atoms. The Kier molecular flexibility index (Phi) is 4.67. The van der Waals surface area contributed by atoms with E-state index in [1.807, 2.05) is 60.4 Å². The zero-order chi connectivity index (χ0) is 18.8. The summed E-state index contributed by atoms with van der Waals surface area (Å²) in [6.45, 7) is 3.25. The van der Waals surface area contributed by atoms with Gasteiger partial charge in [-0.25, -0.2) is 0 Å². The van der Waals surface area contributed by atoms with Crippen molar-refractivity contribution < 1.29 is 14.0 Å². The predicted octanol–water partition coefficient (Wildman–Crippen LogP) is 4.05. The van der Waals surface area contributed by atoms with Crippen LogP contribution >= 0.6 is 0 Å². The molecule has 1 aliphatic heterocycles. The third-order valence-electron chi connectivity index (χ3n) is 4.95. The summed E-state index contributed by atoms with van der Waals surface area (Å²) >= 11 is 0. The fraction of sp³-hybridized carbons (Fsp3) is 0.273. The van der Waals surface area contributed by atoms with E-state index >= 15 is 0 Å². The highest BCUT2D eigenvalue weighted by Gasteiger charge is 2.21. The maximum atomic E-state index is 12.7. The number of carbonyl (C=O) groups is 2. The van der Waals surface area contributed by atoms with Gasteiger partial charge < -0.3 is 14.6 Å². The highest BCUT2D eigenvalue weighted by atomic mass is 16.3. The van der Waals surface area contributed by atoms with Crippen molar-refractivity contribution >= 4 is 22.8 Å². The Hall–Kier alpha value is -3.08. The second kappa shape index (κ2) is 7.27. The molecule has 0 aliphatic carbocycles. The van der Waals surface area contributed by atoms with Gasteiger partial charge in [0.1, 0.15) is 11.3 Å². The van der Waals surface area contributed by atoms with E-state index in [0.29, 0.717) is 18.5 Å². The maximum Gasteiger partial charge on any atom is 0.251 e. The third-order valence-corrected chi connectivity index (χ3v) is 4.95. The van der Waals surface area contributed by atoms with Gasteiger partial charge in [-0.15, -0.1) is 0 Å². The molecule has 2 heterocycles. The van der Waals surface area contributed by atoms with Crippen molar-refractivity contribution in [3.63, 3.8) is 0 Å². The van der Waals surface area contributed by atoms with E-state index < -0.39 is 0 Å². The number of nitrogens with one attached hydrogen (secondary N) is 1. The summed E-state index contributed by atoms with van der Waals surface area (Å²) in [5.41, 5.74) is 2.36. The summed E-state index contributed by atoms with van der Waals surface area (Å²) < 4.78 is 5.83. The van der Waals surface area contributed by atoms with Crippen molar-refractivity contribution in [3.8, 4) is 0 Å². The minimum atomic E-state index is -0.242. The average molecular weight is 362 g/mol. The molecule has 5 heteroatoms. The number of fused-ring (bicyclic) bond motifs is 1. The molecular weight excluding hydrogens is 340 g/mol. The molecule has 5 nitrogen and oxygen atoms in total. The molecule has 1 fully saturated rings. The Morgan fingerprint density at radius 3 is 2.81 bits per heavy atom. The van der Waals surface area contributed by atoms with Gasteiger partial charge in [-0.05, 0) is 43.2 Å². The van der Waals surface area contributed by atoms with E-state index in [2.05, 4.69) is 5.32 Å². The Morgan fingerprint density at radius 1 is 1.19 bits per heavy atom. The van der Waals surface area contributed by atoms with Gasteiger partial charge in [0, 0.05) is 30.5 Å². The van der Waals surface area contributed by atoms with Crippen LogP contribution in [-0.2, 0) is 11.3 Å². The van der Waals surface area contributed by atoms with Crippen molar-refractivity contribution in [1.82, 2.24) is 10.2 Å². The lowest BCUT2D eigenvalue weighted by molar-refractivity contribution is -0.128. The lowest BCUT2D eigenvalue weighted by Gasteiger charge is -2.16. The average Bonchev–Trinajstić information content (AvgIpc) is 3.28. The number of hydrogen-bond acceptors (Lipinski definition) is 3. The number of amides is 2. The molecule has 1 atom stereocenters. The van der Waals surface area contributed by atoms with E-state index in [-0.39, 0.29) is 17.9 Å². The lowest BCUT2D eigenvalue weighted by atomic mass is 10.1. The second-order valence-corrected chi connectivity index (χ2v) is 7.00. The summed E-state index contributed by atoms with van der Waals surface area (Å²) in [5.74, 6) is 0.754. The third kappa shape index (κ3) is 3.72. The summed E-state index contributed by atoms with van der Waals surface area (Å²) in [4.78, 5) is 26.3. The number of nitrogens with zero attached hydrogens (tertiary/aromatic N) is 1. The molecule has 1 saturated heterocycles. The van der Waals surface area contributed by atoms with Crippen molar-refractivity contribution in [2.24, 2.45) is 0 Å². The molecule has 138 valence electrons.